The van der Waals surface area contributed by atoms with Crippen LogP contribution in [0, 0.1) is 0 Å². The second-order valence-corrected chi connectivity index (χ2v) is 8.73. The van der Waals surface area contributed by atoms with Gasteiger partial charge in [0.15, 0.2) is 22.5 Å². The van der Waals surface area contributed by atoms with Gasteiger partial charge in [-0.25, -0.2) is 5.43 Å². The number of carbonyl (C=O) groups is 2. The van der Waals surface area contributed by atoms with Gasteiger partial charge in [-0.05, 0) is 48.0 Å². The number of hydrazone groups is 1. The van der Waals surface area contributed by atoms with Crippen molar-refractivity contribution in [1.82, 2.24) is 20.2 Å². The Bertz CT molecular complexity index is 1440. The number of carbonyl (C=O) groups excluding carboxylic acids is 2. The molecule has 1 N–H and O–H groups in total. The van der Waals surface area contributed by atoms with E-state index in [4.69, 9.17) is 14.2 Å². The molecule has 0 aliphatic carbocycles. The Kier molecular flexibility index (Phi) is 8.73. The third-order valence-corrected chi connectivity index (χ3v) is 6.10. The van der Waals surface area contributed by atoms with Crippen LogP contribution in [-0.4, -0.2) is 52.8 Å². The molecule has 194 valence electrons. The van der Waals surface area contributed by atoms with Crippen LogP contribution < -0.4 is 19.6 Å². The molecule has 0 radical (unpaired) electrons. The summed E-state index contributed by atoms with van der Waals surface area (Å²) in [6, 6.07) is 22.1. The molecule has 0 saturated carbocycles. The Morgan fingerprint density at radius 3 is 2.42 bits per heavy atom. The van der Waals surface area contributed by atoms with Crippen molar-refractivity contribution in [2.45, 2.75) is 12.1 Å². The van der Waals surface area contributed by atoms with Crippen molar-refractivity contribution < 1.29 is 23.8 Å². The number of aromatic nitrogens is 3. The molecule has 0 unspecified atom stereocenters. The third kappa shape index (κ3) is 6.56. The van der Waals surface area contributed by atoms with Gasteiger partial charge < -0.3 is 14.2 Å². The summed E-state index contributed by atoms with van der Waals surface area (Å²) in [6.45, 7) is 1.31. The maximum Gasteiger partial charge on any atom is 0.308 e. The van der Waals surface area contributed by atoms with Gasteiger partial charge in [0.1, 0.15) is 5.75 Å². The number of ether oxygens (including phenoxy) is 3. The molecular formula is C27H25N5O5S. The lowest BCUT2D eigenvalue weighted by molar-refractivity contribution is -0.132. The zero-order chi connectivity index (χ0) is 26.9. The molecule has 0 atom stereocenters. The highest BCUT2D eigenvalue weighted by molar-refractivity contribution is 7.99. The number of hydrogen-bond donors (Lipinski definition) is 1. The van der Waals surface area contributed by atoms with Crippen molar-refractivity contribution in [3.63, 3.8) is 0 Å². The Morgan fingerprint density at radius 1 is 0.974 bits per heavy atom. The average Bonchev–Trinajstić information content (AvgIpc) is 3.37. The molecule has 1 heterocycles. The zero-order valence-corrected chi connectivity index (χ0v) is 21.8. The molecule has 11 heteroatoms. The minimum Gasteiger partial charge on any atom is -0.497 e. The Balaban J connectivity index is 1.45. The normalized spacial score (nSPS) is 10.8. The van der Waals surface area contributed by atoms with Crippen LogP contribution in [0.5, 0.6) is 17.2 Å². The van der Waals surface area contributed by atoms with Crippen LogP contribution in [0.1, 0.15) is 12.5 Å². The molecule has 4 aromatic rings. The monoisotopic (exact) mass is 531 g/mol. The molecule has 0 aliphatic heterocycles. The fourth-order valence-electron chi connectivity index (χ4n) is 3.45. The zero-order valence-electron chi connectivity index (χ0n) is 21.0. The lowest BCUT2D eigenvalue weighted by Gasteiger charge is -2.11. The predicted octanol–water partition coefficient (Wildman–Crippen LogP) is 4.12. The number of thioether (sulfide) groups is 1. The maximum atomic E-state index is 12.5. The molecule has 0 aliphatic rings. The van der Waals surface area contributed by atoms with Crippen molar-refractivity contribution in [3.8, 4) is 34.3 Å². The summed E-state index contributed by atoms with van der Waals surface area (Å²) in [5, 5.41) is 13.3. The smallest absolute Gasteiger partial charge is 0.308 e. The molecule has 10 nitrogen and oxygen atoms in total. The van der Waals surface area contributed by atoms with Crippen molar-refractivity contribution in [1.29, 1.82) is 0 Å². The van der Waals surface area contributed by atoms with Crippen molar-refractivity contribution in [2.75, 3.05) is 20.0 Å². The van der Waals surface area contributed by atoms with E-state index in [0.29, 0.717) is 28.0 Å². The molecule has 0 bridgehead atoms. The van der Waals surface area contributed by atoms with Crippen LogP contribution in [0.15, 0.2) is 83.1 Å². The lowest BCUT2D eigenvalue weighted by atomic mass is 10.2. The highest BCUT2D eigenvalue weighted by atomic mass is 32.2. The fraction of sp³-hybridized carbons (Fsp3) is 0.148. The Hall–Kier alpha value is -4.64. The SMILES string of the molecule is COc1ccc(-n2c(SCC(=O)NN=Cc3ccc(OC(C)=O)c(OC)c3)nnc2-c2ccccc2)cc1. The van der Waals surface area contributed by atoms with E-state index in [9.17, 15) is 9.59 Å². The summed E-state index contributed by atoms with van der Waals surface area (Å²) in [7, 11) is 3.08. The number of hydrogen-bond acceptors (Lipinski definition) is 9. The molecule has 1 aromatic heterocycles. The van der Waals surface area contributed by atoms with Gasteiger partial charge in [0.25, 0.3) is 5.91 Å². The molecule has 38 heavy (non-hydrogen) atoms. The molecule has 0 fully saturated rings. The first-order chi connectivity index (χ1) is 18.5. The molecular weight excluding hydrogens is 506 g/mol. The molecule has 0 spiro atoms. The molecule has 1 amide bonds. The van der Waals surface area contributed by atoms with Crippen molar-refractivity contribution in [2.24, 2.45) is 5.10 Å². The predicted molar refractivity (Wildman–Crippen MR) is 144 cm³/mol. The minimum atomic E-state index is -0.451. The van der Waals surface area contributed by atoms with Gasteiger partial charge in [-0.15, -0.1) is 10.2 Å². The van der Waals surface area contributed by atoms with Gasteiger partial charge in [-0.2, -0.15) is 5.10 Å². The average molecular weight is 532 g/mol. The van der Waals surface area contributed by atoms with E-state index in [1.54, 1.807) is 25.3 Å². The summed E-state index contributed by atoms with van der Waals surface area (Å²) in [5.74, 6) is 1.35. The first-order valence-corrected chi connectivity index (χ1v) is 12.4. The van der Waals surface area contributed by atoms with Gasteiger partial charge in [0.05, 0.1) is 26.2 Å². The van der Waals surface area contributed by atoms with Crippen LogP contribution in [0.4, 0.5) is 0 Å². The number of esters is 1. The van der Waals surface area contributed by atoms with E-state index in [1.807, 2.05) is 59.2 Å². The maximum absolute atomic E-state index is 12.5. The highest BCUT2D eigenvalue weighted by Gasteiger charge is 2.17. The minimum absolute atomic E-state index is 0.0646. The summed E-state index contributed by atoms with van der Waals surface area (Å²) in [6.07, 6.45) is 1.47. The second kappa shape index (κ2) is 12.5. The van der Waals surface area contributed by atoms with Gasteiger partial charge >= 0.3 is 5.97 Å². The summed E-state index contributed by atoms with van der Waals surface area (Å²) in [5.41, 5.74) is 4.89. The first-order valence-electron chi connectivity index (χ1n) is 11.4. The van der Waals surface area contributed by atoms with Crippen LogP contribution in [0.25, 0.3) is 17.1 Å². The highest BCUT2D eigenvalue weighted by Crippen LogP contribution is 2.29. The van der Waals surface area contributed by atoms with Crippen LogP contribution >= 0.6 is 11.8 Å². The quantitative estimate of drug-likeness (QED) is 0.107. The van der Waals surface area contributed by atoms with E-state index < -0.39 is 5.97 Å². The number of methoxy groups -OCH3 is 2. The first kappa shape index (κ1) is 26.4. The number of rotatable bonds is 10. The lowest BCUT2D eigenvalue weighted by Crippen LogP contribution is -2.20. The van der Waals surface area contributed by atoms with Crippen molar-refractivity contribution >= 4 is 29.9 Å². The number of nitrogens with one attached hydrogen (secondary N) is 1. The van der Waals surface area contributed by atoms with Crippen LogP contribution in [0.3, 0.4) is 0 Å². The van der Waals surface area contributed by atoms with E-state index >= 15 is 0 Å². The molecule has 3 aromatic carbocycles. The van der Waals surface area contributed by atoms with Crippen LogP contribution in [0.2, 0.25) is 0 Å². The second-order valence-electron chi connectivity index (χ2n) is 7.79. The van der Waals surface area contributed by atoms with Crippen molar-refractivity contribution in [3.05, 3.63) is 78.4 Å². The summed E-state index contributed by atoms with van der Waals surface area (Å²) in [4.78, 5) is 23.7. The third-order valence-electron chi connectivity index (χ3n) is 5.17. The largest absolute Gasteiger partial charge is 0.497 e. The standard InChI is InChI=1S/C27H25N5O5S/c1-18(33)37-23-14-9-19(15-24(23)36-3)16-28-29-25(34)17-38-27-31-30-26(20-7-5-4-6-8-20)32(27)21-10-12-22(35-2)13-11-21/h4-16H,17H2,1-3H3,(H,29,34). The number of amides is 1. The summed E-state index contributed by atoms with van der Waals surface area (Å²) < 4.78 is 17.5. The molecule has 0 saturated heterocycles. The van der Waals surface area contributed by atoms with E-state index in [2.05, 4.69) is 20.7 Å². The number of nitrogens with zero attached hydrogens (tertiary/aromatic N) is 4. The van der Waals surface area contributed by atoms with Gasteiger partial charge in [0, 0.05) is 18.2 Å². The fourth-order valence-corrected chi connectivity index (χ4v) is 4.19. The van der Waals surface area contributed by atoms with Crippen LogP contribution in [-0.2, 0) is 9.59 Å². The number of benzene rings is 3. The topological polar surface area (TPSA) is 117 Å². The van der Waals surface area contributed by atoms with E-state index in [0.717, 1.165) is 17.0 Å². The van der Waals surface area contributed by atoms with E-state index in [1.165, 1.54) is 32.0 Å². The summed E-state index contributed by atoms with van der Waals surface area (Å²) >= 11 is 1.24. The molecule has 4 rings (SSSR count). The Labute approximate surface area is 223 Å². The van der Waals surface area contributed by atoms with E-state index in [-0.39, 0.29) is 11.7 Å². The Morgan fingerprint density at radius 2 is 1.74 bits per heavy atom. The van der Waals surface area contributed by atoms with Gasteiger partial charge in [0.2, 0.25) is 0 Å². The van der Waals surface area contributed by atoms with Gasteiger partial charge in [-0.1, -0.05) is 42.1 Å². The van der Waals surface area contributed by atoms with Gasteiger partial charge in [-0.3, -0.25) is 14.2 Å².